The smallest absolute Gasteiger partial charge is 0.107 e. The van der Waals surface area contributed by atoms with Gasteiger partial charge in [0.25, 0.3) is 0 Å². The Hall–Kier alpha value is -1.39. The van der Waals surface area contributed by atoms with Crippen LogP contribution in [0.4, 0.5) is 5.69 Å². The fourth-order valence-electron chi connectivity index (χ4n) is 2.79. The molecule has 2 aliphatic rings. The highest BCUT2D eigenvalue weighted by Crippen LogP contribution is 2.29. The summed E-state index contributed by atoms with van der Waals surface area (Å²) in [7, 11) is 0. The fourth-order valence-corrected chi connectivity index (χ4v) is 3.52. The van der Waals surface area contributed by atoms with Crippen LogP contribution in [0.25, 0.3) is 0 Å². The number of anilines is 1. The van der Waals surface area contributed by atoms with Crippen molar-refractivity contribution in [2.75, 3.05) is 11.4 Å². The number of para-hydroxylation sites is 1. The van der Waals surface area contributed by atoms with Gasteiger partial charge in [0.1, 0.15) is 5.01 Å². The molecule has 1 aromatic heterocycles. The van der Waals surface area contributed by atoms with Crippen molar-refractivity contribution in [2.24, 2.45) is 0 Å². The maximum atomic E-state index is 4.76. The molecule has 1 N–H and O–H groups in total. The van der Waals surface area contributed by atoms with Crippen LogP contribution in [0.15, 0.2) is 29.6 Å². The lowest BCUT2D eigenvalue weighted by Crippen LogP contribution is -2.20. The molecule has 3 nitrogen and oxygen atoms in total. The second kappa shape index (κ2) is 5.19. The number of fused-ring (bicyclic) bond motifs is 1. The summed E-state index contributed by atoms with van der Waals surface area (Å²) in [5.74, 6) is 0. The van der Waals surface area contributed by atoms with Gasteiger partial charge in [-0.3, -0.25) is 0 Å². The molecule has 0 radical (unpaired) electrons. The number of rotatable bonds is 5. The van der Waals surface area contributed by atoms with E-state index in [1.54, 1.807) is 11.3 Å². The van der Waals surface area contributed by atoms with Crippen molar-refractivity contribution in [1.29, 1.82) is 0 Å². The monoisotopic (exact) mass is 285 g/mol. The second-order valence-corrected chi connectivity index (χ2v) is 6.63. The van der Waals surface area contributed by atoms with Crippen LogP contribution in [0.3, 0.4) is 0 Å². The van der Waals surface area contributed by atoms with E-state index >= 15 is 0 Å². The Labute approximate surface area is 123 Å². The number of hydrogen-bond acceptors (Lipinski definition) is 4. The predicted molar refractivity (Wildman–Crippen MR) is 83.2 cm³/mol. The summed E-state index contributed by atoms with van der Waals surface area (Å²) < 4.78 is 0. The van der Waals surface area contributed by atoms with Gasteiger partial charge in [-0.05, 0) is 30.9 Å². The average molecular weight is 285 g/mol. The van der Waals surface area contributed by atoms with Crippen LogP contribution >= 0.6 is 11.3 Å². The first-order chi connectivity index (χ1) is 9.88. The number of aromatic nitrogens is 1. The largest absolute Gasteiger partial charge is 0.365 e. The average Bonchev–Trinajstić information content (AvgIpc) is 3.06. The van der Waals surface area contributed by atoms with E-state index in [9.17, 15) is 0 Å². The number of hydrogen-bond donors (Lipinski definition) is 1. The molecule has 20 heavy (non-hydrogen) atoms. The normalized spacial score (nSPS) is 17.5. The van der Waals surface area contributed by atoms with E-state index in [1.165, 1.54) is 34.8 Å². The molecule has 2 heterocycles. The van der Waals surface area contributed by atoms with E-state index in [0.717, 1.165) is 32.1 Å². The third-order valence-electron chi connectivity index (χ3n) is 4.05. The van der Waals surface area contributed by atoms with Crippen LogP contribution in [-0.2, 0) is 19.5 Å². The molecule has 4 heteroatoms. The van der Waals surface area contributed by atoms with E-state index < -0.39 is 0 Å². The Morgan fingerprint density at radius 2 is 2.20 bits per heavy atom. The molecule has 0 unspecified atom stereocenters. The second-order valence-electron chi connectivity index (χ2n) is 5.69. The summed E-state index contributed by atoms with van der Waals surface area (Å²) in [5, 5.41) is 6.96. The molecule has 4 rings (SSSR count). The summed E-state index contributed by atoms with van der Waals surface area (Å²) in [5.41, 5.74) is 4.07. The fraction of sp³-hybridized carbons (Fsp3) is 0.438. The SMILES string of the molecule is c1ccc2c(c1)CCN2Cc1csc(CNC2CC2)n1. The van der Waals surface area contributed by atoms with Gasteiger partial charge in [0.15, 0.2) is 0 Å². The first-order valence-corrected chi connectivity index (χ1v) is 8.26. The molecule has 1 aliphatic heterocycles. The quantitative estimate of drug-likeness (QED) is 0.915. The van der Waals surface area contributed by atoms with E-state index in [0.29, 0.717) is 0 Å². The highest BCUT2D eigenvalue weighted by Gasteiger charge is 2.21. The van der Waals surface area contributed by atoms with Crippen LogP contribution in [0.1, 0.15) is 29.1 Å². The lowest BCUT2D eigenvalue weighted by atomic mass is 10.2. The lowest BCUT2D eigenvalue weighted by molar-refractivity contribution is 0.681. The van der Waals surface area contributed by atoms with Gasteiger partial charge in [-0.25, -0.2) is 4.98 Å². The van der Waals surface area contributed by atoms with E-state index in [4.69, 9.17) is 4.98 Å². The highest BCUT2D eigenvalue weighted by molar-refractivity contribution is 7.09. The minimum Gasteiger partial charge on any atom is -0.365 e. The van der Waals surface area contributed by atoms with Crippen LogP contribution in [0.2, 0.25) is 0 Å². The molecule has 0 atom stereocenters. The number of nitrogens with one attached hydrogen (secondary N) is 1. The Bertz CT molecular complexity index is 603. The summed E-state index contributed by atoms with van der Waals surface area (Å²) >= 11 is 1.78. The molecule has 0 spiro atoms. The first-order valence-electron chi connectivity index (χ1n) is 7.38. The van der Waals surface area contributed by atoms with Crippen LogP contribution in [0.5, 0.6) is 0 Å². The van der Waals surface area contributed by atoms with Crippen LogP contribution in [0, 0.1) is 0 Å². The Morgan fingerprint density at radius 3 is 3.10 bits per heavy atom. The van der Waals surface area contributed by atoms with Gasteiger partial charge in [0, 0.05) is 30.2 Å². The minimum atomic E-state index is 0.757. The van der Waals surface area contributed by atoms with Gasteiger partial charge in [0.05, 0.1) is 12.2 Å². The zero-order valence-corrected chi connectivity index (χ0v) is 12.3. The molecule has 0 amide bonds. The molecule has 0 bridgehead atoms. The molecule has 104 valence electrons. The molecule has 1 aromatic carbocycles. The summed E-state index contributed by atoms with van der Waals surface area (Å²) in [6, 6.07) is 9.48. The Kier molecular flexibility index (Phi) is 3.20. The third-order valence-corrected chi connectivity index (χ3v) is 4.95. The first kappa shape index (κ1) is 12.4. The number of nitrogens with zero attached hydrogens (tertiary/aromatic N) is 2. The molecule has 0 saturated heterocycles. The molecule has 1 aliphatic carbocycles. The van der Waals surface area contributed by atoms with Gasteiger partial charge in [-0.1, -0.05) is 18.2 Å². The molecular formula is C16H19N3S. The van der Waals surface area contributed by atoms with Crippen molar-refractivity contribution in [3.05, 3.63) is 45.9 Å². The van der Waals surface area contributed by atoms with Crippen molar-refractivity contribution in [2.45, 2.75) is 38.4 Å². The summed E-state index contributed by atoms with van der Waals surface area (Å²) in [6.45, 7) is 3.00. The molecule has 1 saturated carbocycles. The molecule has 1 fully saturated rings. The Morgan fingerprint density at radius 1 is 1.30 bits per heavy atom. The number of benzene rings is 1. The standard InChI is InChI=1S/C16H19N3S/c1-2-4-15-12(3-1)7-8-19(15)10-14-11-20-16(18-14)9-17-13-5-6-13/h1-4,11,13,17H,5-10H2. The highest BCUT2D eigenvalue weighted by atomic mass is 32.1. The number of thiazole rings is 1. The minimum absolute atomic E-state index is 0.757. The maximum absolute atomic E-state index is 4.76. The maximum Gasteiger partial charge on any atom is 0.107 e. The van der Waals surface area contributed by atoms with Crippen molar-refractivity contribution in [1.82, 2.24) is 10.3 Å². The topological polar surface area (TPSA) is 28.2 Å². The van der Waals surface area contributed by atoms with Gasteiger partial charge >= 0.3 is 0 Å². The van der Waals surface area contributed by atoms with Crippen molar-refractivity contribution >= 4 is 17.0 Å². The van der Waals surface area contributed by atoms with Gasteiger partial charge in [0.2, 0.25) is 0 Å². The predicted octanol–water partition coefficient (Wildman–Crippen LogP) is 2.96. The van der Waals surface area contributed by atoms with E-state index in [-0.39, 0.29) is 0 Å². The van der Waals surface area contributed by atoms with Crippen molar-refractivity contribution < 1.29 is 0 Å². The van der Waals surface area contributed by atoms with Crippen LogP contribution in [-0.4, -0.2) is 17.6 Å². The Balaban J connectivity index is 1.41. The molecule has 2 aromatic rings. The zero-order chi connectivity index (χ0) is 13.4. The van der Waals surface area contributed by atoms with Crippen molar-refractivity contribution in [3.8, 4) is 0 Å². The molecular weight excluding hydrogens is 266 g/mol. The van der Waals surface area contributed by atoms with Crippen molar-refractivity contribution in [3.63, 3.8) is 0 Å². The van der Waals surface area contributed by atoms with Gasteiger partial charge in [-0.2, -0.15) is 0 Å². The van der Waals surface area contributed by atoms with E-state index in [1.807, 2.05) is 0 Å². The zero-order valence-electron chi connectivity index (χ0n) is 11.5. The third kappa shape index (κ3) is 2.58. The summed E-state index contributed by atoms with van der Waals surface area (Å²) in [4.78, 5) is 7.21. The van der Waals surface area contributed by atoms with Gasteiger partial charge < -0.3 is 10.2 Å². The summed E-state index contributed by atoms with van der Waals surface area (Å²) in [6.07, 6.45) is 3.84. The van der Waals surface area contributed by atoms with E-state index in [2.05, 4.69) is 39.9 Å². The lowest BCUT2D eigenvalue weighted by Gasteiger charge is -2.17. The van der Waals surface area contributed by atoms with Crippen LogP contribution < -0.4 is 10.2 Å². The van der Waals surface area contributed by atoms with Gasteiger partial charge in [-0.15, -0.1) is 11.3 Å².